The molecular weight excluding hydrogens is 432 g/mol. The predicted octanol–water partition coefficient (Wildman–Crippen LogP) is 7.29. The van der Waals surface area contributed by atoms with Crippen molar-refractivity contribution < 1.29 is 0 Å². The molecule has 0 N–H and O–H groups in total. The van der Waals surface area contributed by atoms with Gasteiger partial charge in [0.05, 0.1) is 24.1 Å². The minimum absolute atomic E-state index is 0.363. The molecule has 184 valence electrons. The zero-order valence-corrected chi connectivity index (χ0v) is 21.2. The molecule has 35 heavy (non-hydrogen) atoms. The molecule has 0 aliphatic heterocycles. The fourth-order valence-electron chi connectivity index (χ4n) is 4.80. The monoisotopic (exact) mass is 470 g/mol. The molecule has 0 radical (unpaired) electrons. The molecule has 0 bridgehead atoms. The van der Waals surface area contributed by atoms with Gasteiger partial charge in [0.15, 0.2) is 0 Å². The van der Waals surface area contributed by atoms with E-state index in [1.54, 1.807) is 12.4 Å². The van der Waals surface area contributed by atoms with Crippen molar-refractivity contribution in [3.8, 4) is 23.5 Å². The molecule has 3 rings (SSSR count). The fourth-order valence-corrected chi connectivity index (χ4v) is 4.80. The van der Waals surface area contributed by atoms with E-state index in [0.717, 1.165) is 30.1 Å². The minimum Gasteiger partial charge on any atom is -0.327 e. The largest absolute Gasteiger partial charge is 0.327 e. The second kappa shape index (κ2) is 14.1. The molecule has 1 aromatic carbocycles. The summed E-state index contributed by atoms with van der Waals surface area (Å²) in [7, 11) is 0. The summed E-state index contributed by atoms with van der Waals surface area (Å²) in [5, 5.41) is 20.1. The summed E-state index contributed by atoms with van der Waals surface area (Å²) in [6, 6.07) is 13.8. The van der Waals surface area contributed by atoms with Crippen molar-refractivity contribution in [2.75, 3.05) is 0 Å². The summed E-state index contributed by atoms with van der Waals surface area (Å²) >= 11 is 0. The van der Waals surface area contributed by atoms with Gasteiger partial charge in [-0.1, -0.05) is 88.6 Å². The maximum Gasteiger partial charge on any atom is 0.144 e. The summed E-state index contributed by atoms with van der Waals surface area (Å²) in [6.07, 6.45) is 19.6. The molecule has 0 spiro atoms. The van der Waals surface area contributed by atoms with Crippen LogP contribution < -0.4 is 0 Å². The molecule has 2 aromatic heterocycles. The number of aromatic nitrogens is 4. The first-order valence-electron chi connectivity index (χ1n) is 13.1. The van der Waals surface area contributed by atoms with E-state index in [1.807, 2.05) is 54.2 Å². The van der Waals surface area contributed by atoms with E-state index in [-0.39, 0.29) is 12.0 Å². The van der Waals surface area contributed by atoms with Gasteiger partial charge in [-0.15, -0.1) is 0 Å². The third kappa shape index (κ3) is 7.06. The lowest BCUT2D eigenvalue weighted by Gasteiger charge is -2.29. The van der Waals surface area contributed by atoms with Crippen LogP contribution >= 0.6 is 0 Å². The number of hydrogen-bond donors (Lipinski definition) is 0. The van der Waals surface area contributed by atoms with Crippen LogP contribution in [0.4, 0.5) is 0 Å². The molecule has 0 aliphatic carbocycles. The van der Waals surface area contributed by atoms with E-state index < -0.39 is 6.04 Å². The Balaban J connectivity index is 1.71. The van der Waals surface area contributed by atoms with Gasteiger partial charge < -0.3 is 9.13 Å². The molecule has 0 amide bonds. The Hall–Kier alpha value is -3.38. The molecule has 2 heterocycles. The van der Waals surface area contributed by atoms with Crippen LogP contribution in [0.25, 0.3) is 11.4 Å². The topological polar surface area (TPSA) is 83.2 Å². The third-order valence-electron chi connectivity index (χ3n) is 6.75. The lowest BCUT2D eigenvalue weighted by molar-refractivity contribution is 0.319. The Morgan fingerprint density at radius 1 is 0.800 bits per heavy atom. The minimum atomic E-state index is -0.585. The summed E-state index contributed by atoms with van der Waals surface area (Å²) in [4.78, 5) is 9.15. The first kappa shape index (κ1) is 26.2. The normalized spacial score (nSPS) is 13.6. The zero-order chi connectivity index (χ0) is 24.9. The van der Waals surface area contributed by atoms with E-state index in [0.29, 0.717) is 0 Å². The number of hydrogen-bond acceptors (Lipinski definition) is 4. The second-order valence-electron chi connectivity index (χ2n) is 9.34. The first-order valence-corrected chi connectivity index (χ1v) is 13.1. The third-order valence-corrected chi connectivity index (χ3v) is 6.75. The van der Waals surface area contributed by atoms with Gasteiger partial charge >= 0.3 is 0 Å². The van der Waals surface area contributed by atoms with Gasteiger partial charge in [-0.3, -0.25) is 0 Å². The highest BCUT2D eigenvalue weighted by molar-refractivity contribution is 5.55. The van der Waals surface area contributed by atoms with E-state index in [2.05, 4.69) is 33.6 Å². The Kier molecular flexibility index (Phi) is 10.6. The Morgan fingerprint density at radius 3 is 2.09 bits per heavy atom. The molecular formula is C29H38N6. The molecule has 0 aliphatic rings. The van der Waals surface area contributed by atoms with Crippen LogP contribution in [0.2, 0.25) is 0 Å². The van der Waals surface area contributed by atoms with Crippen molar-refractivity contribution in [1.29, 1.82) is 10.5 Å². The van der Waals surface area contributed by atoms with Gasteiger partial charge in [-0.2, -0.15) is 10.5 Å². The highest BCUT2D eigenvalue weighted by Gasteiger charge is 2.32. The van der Waals surface area contributed by atoms with Gasteiger partial charge in [0.2, 0.25) is 0 Å². The average molecular weight is 471 g/mol. The van der Waals surface area contributed by atoms with Crippen molar-refractivity contribution in [2.24, 2.45) is 5.92 Å². The van der Waals surface area contributed by atoms with Crippen LogP contribution in [-0.4, -0.2) is 19.1 Å². The molecule has 0 saturated heterocycles. The van der Waals surface area contributed by atoms with Crippen LogP contribution in [-0.2, 0) is 6.42 Å². The molecule has 6 nitrogen and oxygen atoms in total. The smallest absolute Gasteiger partial charge is 0.144 e. The number of rotatable bonds is 15. The van der Waals surface area contributed by atoms with Crippen LogP contribution in [0.5, 0.6) is 0 Å². The van der Waals surface area contributed by atoms with Gasteiger partial charge in [0.1, 0.15) is 17.7 Å². The zero-order valence-electron chi connectivity index (χ0n) is 21.2. The molecule has 6 heteroatoms. The number of benzene rings is 1. The quantitative estimate of drug-likeness (QED) is 0.218. The number of nitrogens with zero attached hydrogens (tertiary/aromatic N) is 6. The summed E-state index contributed by atoms with van der Waals surface area (Å²) < 4.78 is 3.96. The van der Waals surface area contributed by atoms with E-state index in [1.165, 1.54) is 51.4 Å². The van der Waals surface area contributed by atoms with Crippen LogP contribution in [0.1, 0.15) is 89.5 Å². The molecule has 3 aromatic rings. The Labute approximate surface area is 210 Å². The van der Waals surface area contributed by atoms with Crippen LogP contribution in [0, 0.1) is 28.6 Å². The second-order valence-corrected chi connectivity index (χ2v) is 9.34. The molecule has 0 fully saturated rings. The average Bonchev–Trinajstić information content (AvgIpc) is 3.56. The van der Waals surface area contributed by atoms with Gasteiger partial charge in [-0.05, 0) is 13.3 Å². The summed E-state index contributed by atoms with van der Waals surface area (Å²) in [5.74, 6) is 1.30. The fraction of sp³-hybridized carbons (Fsp3) is 0.517. The van der Waals surface area contributed by atoms with E-state index in [4.69, 9.17) is 0 Å². The number of imidazole rings is 2. The highest BCUT2D eigenvalue weighted by atomic mass is 15.2. The van der Waals surface area contributed by atoms with Crippen molar-refractivity contribution in [1.82, 2.24) is 19.1 Å². The lowest BCUT2D eigenvalue weighted by Crippen LogP contribution is -2.28. The van der Waals surface area contributed by atoms with Crippen LogP contribution in [0.15, 0.2) is 55.1 Å². The van der Waals surface area contributed by atoms with E-state index in [9.17, 15) is 10.5 Å². The lowest BCUT2D eigenvalue weighted by atomic mass is 9.95. The van der Waals surface area contributed by atoms with Gasteiger partial charge in [-0.25, -0.2) is 9.97 Å². The highest BCUT2D eigenvalue weighted by Crippen LogP contribution is 2.34. The van der Waals surface area contributed by atoms with Crippen LogP contribution in [0.3, 0.4) is 0 Å². The standard InChI is InChI=1S/C29H38N6/c1-3-4-5-6-7-8-9-10-14-17-27-32-18-21-35(27)28(24(2)22-30)26(23-31)34-20-19-33-29(34)25-15-12-11-13-16-25/h11-13,15-16,18-21,24,26,28H,3-10,14,17H2,1-2H3. The summed E-state index contributed by atoms with van der Waals surface area (Å²) in [6.45, 7) is 4.14. The number of aryl methyl sites for hydroxylation is 1. The number of unbranched alkanes of at least 4 members (excludes halogenated alkanes) is 8. The molecule has 3 unspecified atom stereocenters. The molecule has 0 saturated carbocycles. The predicted molar refractivity (Wildman–Crippen MR) is 139 cm³/mol. The Bertz CT molecular complexity index is 1080. The summed E-state index contributed by atoms with van der Waals surface area (Å²) in [5.41, 5.74) is 0.946. The Morgan fingerprint density at radius 2 is 1.43 bits per heavy atom. The maximum atomic E-state index is 10.3. The van der Waals surface area contributed by atoms with Gasteiger partial charge in [0.25, 0.3) is 0 Å². The first-order chi connectivity index (χ1) is 17.2. The van der Waals surface area contributed by atoms with Crippen molar-refractivity contribution in [2.45, 2.75) is 90.1 Å². The van der Waals surface area contributed by atoms with Gasteiger partial charge in [0, 0.05) is 36.8 Å². The SMILES string of the molecule is CCCCCCCCCCCc1nccn1C(C(C)C#N)C(C#N)n1ccnc1-c1ccccc1. The number of nitriles is 2. The van der Waals surface area contributed by atoms with Crippen molar-refractivity contribution in [3.05, 3.63) is 60.9 Å². The maximum absolute atomic E-state index is 10.3. The van der Waals surface area contributed by atoms with E-state index >= 15 is 0 Å². The van der Waals surface area contributed by atoms with Crippen molar-refractivity contribution >= 4 is 0 Å². The molecule has 3 atom stereocenters. The van der Waals surface area contributed by atoms with Crippen molar-refractivity contribution in [3.63, 3.8) is 0 Å².